The van der Waals surface area contributed by atoms with Gasteiger partial charge < -0.3 is 20.7 Å². The Bertz CT molecular complexity index is 1060. The summed E-state index contributed by atoms with van der Waals surface area (Å²) in [5.74, 6) is 0.324. The second-order valence-corrected chi connectivity index (χ2v) is 8.49. The Labute approximate surface area is 189 Å². The summed E-state index contributed by atoms with van der Waals surface area (Å²) in [7, 11) is 0. The third kappa shape index (κ3) is 7.47. The van der Waals surface area contributed by atoms with Crippen molar-refractivity contribution in [1.82, 2.24) is 5.32 Å². The minimum Gasteiger partial charge on any atom is -0.489 e. The summed E-state index contributed by atoms with van der Waals surface area (Å²) in [6.07, 6.45) is 0. The highest BCUT2D eigenvalue weighted by Crippen LogP contribution is 2.19. The van der Waals surface area contributed by atoms with E-state index >= 15 is 0 Å². The van der Waals surface area contributed by atoms with Crippen LogP contribution in [0.1, 0.15) is 36.7 Å². The molecule has 0 aliphatic rings. The summed E-state index contributed by atoms with van der Waals surface area (Å²) in [5.41, 5.74) is 2.64. The van der Waals surface area contributed by atoms with E-state index in [1.165, 1.54) is 0 Å². The summed E-state index contributed by atoms with van der Waals surface area (Å²) in [6, 6.07) is 24.3. The first kappa shape index (κ1) is 22.9. The van der Waals surface area contributed by atoms with Gasteiger partial charge in [0.05, 0.1) is 6.54 Å². The summed E-state index contributed by atoms with van der Waals surface area (Å²) in [4.78, 5) is 24.7. The maximum atomic E-state index is 12.4. The molecule has 0 saturated heterocycles. The Morgan fingerprint density at radius 3 is 2.31 bits per heavy atom. The van der Waals surface area contributed by atoms with Crippen LogP contribution in [-0.4, -0.2) is 23.9 Å². The van der Waals surface area contributed by atoms with Crippen molar-refractivity contribution in [3.05, 3.63) is 90.0 Å². The van der Waals surface area contributed by atoms with Gasteiger partial charge in [0.15, 0.2) is 0 Å². The number of benzene rings is 3. The van der Waals surface area contributed by atoms with Crippen LogP contribution in [0.2, 0.25) is 0 Å². The number of hydrogen-bond donors (Lipinski definition) is 3. The van der Waals surface area contributed by atoms with Crippen molar-refractivity contribution in [3.63, 3.8) is 0 Å². The zero-order valence-electron chi connectivity index (χ0n) is 18.6. The standard InChI is InChI=1S/C26H29N3O3/c1-26(2,3)29-25(31)20-11-7-12-21(15-20)27-17-24(30)28-22-13-8-14-23(16-22)32-18-19-9-5-4-6-10-19/h4-16,27H,17-18H2,1-3H3,(H,28,30)(H,29,31). The van der Waals surface area contributed by atoms with Gasteiger partial charge in [0, 0.05) is 28.5 Å². The fourth-order valence-electron chi connectivity index (χ4n) is 2.98. The van der Waals surface area contributed by atoms with Crippen molar-refractivity contribution in [2.75, 3.05) is 17.2 Å². The molecule has 2 amide bonds. The van der Waals surface area contributed by atoms with Crippen LogP contribution in [0.15, 0.2) is 78.9 Å². The van der Waals surface area contributed by atoms with E-state index in [1.54, 1.807) is 24.3 Å². The number of hydrogen-bond acceptors (Lipinski definition) is 4. The number of amides is 2. The lowest BCUT2D eigenvalue weighted by Gasteiger charge is -2.20. The number of ether oxygens (including phenoxy) is 1. The minimum atomic E-state index is -0.320. The first-order chi connectivity index (χ1) is 15.3. The third-order valence-electron chi connectivity index (χ3n) is 4.43. The highest BCUT2D eigenvalue weighted by molar-refractivity contribution is 5.96. The fraction of sp³-hybridized carbons (Fsp3) is 0.231. The van der Waals surface area contributed by atoms with E-state index < -0.39 is 0 Å². The molecule has 0 aromatic heterocycles. The van der Waals surface area contributed by atoms with E-state index in [-0.39, 0.29) is 23.9 Å². The molecule has 0 radical (unpaired) electrons. The average Bonchev–Trinajstić information content (AvgIpc) is 2.76. The molecule has 166 valence electrons. The van der Waals surface area contributed by atoms with Crippen molar-refractivity contribution in [1.29, 1.82) is 0 Å². The monoisotopic (exact) mass is 431 g/mol. The molecule has 0 unspecified atom stereocenters. The van der Waals surface area contributed by atoms with E-state index in [4.69, 9.17) is 4.74 Å². The number of carbonyl (C=O) groups excluding carboxylic acids is 2. The lowest BCUT2D eigenvalue weighted by atomic mass is 10.1. The third-order valence-corrected chi connectivity index (χ3v) is 4.43. The summed E-state index contributed by atoms with van der Waals surface area (Å²) >= 11 is 0. The highest BCUT2D eigenvalue weighted by atomic mass is 16.5. The zero-order chi connectivity index (χ0) is 23.0. The first-order valence-electron chi connectivity index (χ1n) is 10.5. The number of nitrogens with one attached hydrogen (secondary N) is 3. The van der Waals surface area contributed by atoms with E-state index in [1.807, 2.05) is 75.4 Å². The van der Waals surface area contributed by atoms with Crippen LogP contribution in [0.3, 0.4) is 0 Å². The predicted molar refractivity (Wildman–Crippen MR) is 128 cm³/mol. The molecule has 0 aliphatic heterocycles. The molecule has 6 heteroatoms. The summed E-state index contributed by atoms with van der Waals surface area (Å²) in [5, 5.41) is 8.85. The van der Waals surface area contributed by atoms with E-state index in [0.717, 1.165) is 5.56 Å². The van der Waals surface area contributed by atoms with Crippen LogP contribution < -0.4 is 20.7 Å². The van der Waals surface area contributed by atoms with Crippen molar-refractivity contribution in [2.45, 2.75) is 32.9 Å². The van der Waals surface area contributed by atoms with Crippen molar-refractivity contribution in [3.8, 4) is 5.75 Å². The van der Waals surface area contributed by atoms with Crippen molar-refractivity contribution < 1.29 is 14.3 Å². The van der Waals surface area contributed by atoms with Gasteiger partial charge in [-0.15, -0.1) is 0 Å². The van der Waals surface area contributed by atoms with Crippen molar-refractivity contribution in [2.24, 2.45) is 0 Å². The highest BCUT2D eigenvalue weighted by Gasteiger charge is 2.15. The average molecular weight is 432 g/mol. The molecule has 0 aliphatic carbocycles. The SMILES string of the molecule is CC(C)(C)NC(=O)c1cccc(NCC(=O)Nc2cccc(OCc3ccccc3)c2)c1. The Kier molecular flexibility index (Phi) is 7.49. The molecule has 0 fully saturated rings. The molecule has 3 aromatic carbocycles. The van der Waals surface area contributed by atoms with Gasteiger partial charge in [0.1, 0.15) is 12.4 Å². The van der Waals surface area contributed by atoms with Gasteiger partial charge in [-0.05, 0) is 56.7 Å². The number of anilines is 2. The molecule has 0 atom stereocenters. The Morgan fingerprint density at radius 2 is 1.56 bits per heavy atom. The molecular formula is C26H29N3O3. The van der Waals surface area contributed by atoms with Gasteiger partial charge in [-0.1, -0.05) is 42.5 Å². The molecule has 0 heterocycles. The van der Waals surface area contributed by atoms with Gasteiger partial charge in [-0.2, -0.15) is 0 Å². The van der Waals surface area contributed by atoms with Crippen LogP contribution in [0.25, 0.3) is 0 Å². The first-order valence-corrected chi connectivity index (χ1v) is 10.5. The van der Waals surface area contributed by atoms with E-state index in [2.05, 4.69) is 16.0 Å². The Morgan fingerprint density at radius 1 is 0.844 bits per heavy atom. The zero-order valence-corrected chi connectivity index (χ0v) is 18.6. The molecule has 3 N–H and O–H groups in total. The smallest absolute Gasteiger partial charge is 0.251 e. The van der Waals surface area contributed by atoms with Gasteiger partial charge in [-0.25, -0.2) is 0 Å². The van der Waals surface area contributed by atoms with E-state index in [0.29, 0.717) is 29.3 Å². The summed E-state index contributed by atoms with van der Waals surface area (Å²) < 4.78 is 5.81. The maximum absolute atomic E-state index is 12.4. The maximum Gasteiger partial charge on any atom is 0.251 e. The van der Waals surface area contributed by atoms with Gasteiger partial charge in [0.25, 0.3) is 5.91 Å². The molecule has 3 aromatic rings. The fourth-order valence-corrected chi connectivity index (χ4v) is 2.98. The molecule has 3 rings (SSSR count). The van der Waals surface area contributed by atoms with Crippen molar-refractivity contribution >= 4 is 23.2 Å². The predicted octanol–water partition coefficient (Wildman–Crippen LogP) is 4.84. The Hall–Kier alpha value is -3.80. The molecule has 6 nitrogen and oxygen atoms in total. The van der Waals surface area contributed by atoms with Gasteiger partial charge in [-0.3, -0.25) is 9.59 Å². The van der Waals surface area contributed by atoms with Crippen LogP contribution in [0, 0.1) is 0 Å². The van der Waals surface area contributed by atoms with Crippen LogP contribution >= 0.6 is 0 Å². The summed E-state index contributed by atoms with van der Waals surface area (Å²) in [6.45, 7) is 6.31. The van der Waals surface area contributed by atoms with Crippen LogP contribution in [-0.2, 0) is 11.4 Å². The molecule has 32 heavy (non-hydrogen) atoms. The molecule has 0 bridgehead atoms. The van der Waals surface area contributed by atoms with E-state index in [9.17, 15) is 9.59 Å². The molecule has 0 spiro atoms. The largest absolute Gasteiger partial charge is 0.489 e. The quantitative estimate of drug-likeness (QED) is 0.477. The van der Waals surface area contributed by atoms with Crippen LogP contribution in [0.5, 0.6) is 5.75 Å². The second kappa shape index (κ2) is 10.5. The molecule has 0 saturated carbocycles. The number of carbonyl (C=O) groups is 2. The van der Waals surface area contributed by atoms with Crippen LogP contribution in [0.4, 0.5) is 11.4 Å². The minimum absolute atomic E-state index is 0.0689. The topological polar surface area (TPSA) is 79.5 Å². The second-order valence-electron chi connectivity index (χ2n) is 8.49. The molecular weight excluding hydrogens is 402 g/mol. The lowest BCUT2D eigenvalue weighted by Crippen LogP contribution is -2.40. The lowest BCUT2D eigenvalue weighted by molar-refractivity contribution is -0.114. The van der Waals surface area contributed by atoms with Gasteiger partial charge >= 0.3 is 0 Å². The normalized spacial score (nSPS) is 10.8. The number of rotatable bonds is 8. The van der Waals surface area contributed by atoms with Gasteiger partial charge in [0.2, 0.25) is 5.91 Å². The Balaban J connectivity index is 1.52.